The average molecular weight is 275 g/mol. The number of para-hydroxylation sites is 1. The van der Waals surface area contributed by atoms with Gasteiger partial charge in [-0.15, -0.1) is 0 Å². The summed E-state index contributed by atoms with van der Waals surface area (Å²) >= 11 is 0. The monoisotopic (exact) mass is 275 g/mol. The molecule has 0 aromatic heterocycles. The maximum atomic E-state index is 12.0. The molecule has 1 saturated heterocycles. The lowest BCUT2D eigenvalue weighted by Crippen LogP contribution is -2.48. The predicted octanol–water partition coefficient (Wildman–Crippen LogP) is 2.46. The van der Waals surface area contributed by atoms with E-state index in [1.54, 1.807) is 6.07 Å². The third-order valence-corrected chi connectivity index (χ3v) is 4.40. The predicted molar refractivity (Wildman–Crippen MR) is 76.2 cm³/mol. The van der Waals surface area contributed by atoms with Crippen LogP contribution in [-0.2, 0) is 20.7 Å². The number of nitrogens with two attached hydrogens (primary N) is 1. The second kappa shape index (κ2) is 5.44. The van der Waals surface area contributed by atoms with Crippen molar-refractivity contribution in [3.05, 3.63) is 29.8 Å². The molecule has 0 bridgehead atoms. The van der Waals surface area contributed by atoms with Gasteiger partial charge in [-0.2, -0.15) is 0 Å². The highest BCUT2D eigenvalue weighted by atomic mass is 16.6. The van der Waals surface area contributed by atoms with Gasteiger partial charge in [0.05, 0.1) is 18.6 Å². The molecule has 1 aromatic rings. The Bertz CT molecular complexity index is 496. The van der Waals surface area contributed by atoms with Crippen LogP contribution in [0.1, 0.15) is 37.7 Å². The Balaban J connectivity index is 1.55. The van der Waals surface area contributed by atoms with E-state index in [1.807, 2.05) is 18.2 Å². The van der Waals surface area contributed by atoms with Crippen LogP contribution in [0.25, 0.3) is 0 Å². The largest absolute Gasteiger partial charge is 0.462 e. The summed E-state index contributed by atoms with van der Waals surface area (Å²) < 4.78 is 11.4. The molecule has 2 fully saturated rings. The molecule has 3 rings (SSSR count). The van der Waals surface area contributed by atoms with Crippen LogP contribution in [0.5, 0.6) is 0 Å². The fraction of sp³-hybridized carbons (Fsp3) is 0.562. The van der Waals surface area contributed by atoms with E-state index in [4.69, 9.17) is 15.2 Å². The number of nitrogen functional groups attached to an aromatic ring is 1. The van der Waals surface area contributed by atoms with Gasteiger partial charge in [0.2, 0.25) is 0 Å². The zero-order chi connectivity index (χ0) is 14.0. The van der Waals surface area contributed by atoms with Crippen LogP contribution < -0.4 is 5.73 Å². The topological polar surface area (TPSA) is 61.6 Å². The fourth-order valence-electron chi connectivity index (χ4n) is 3.08. The minimum Gasteiger partial charge on any atom is -0.462 e. The van der Waals surface area contributed by atoms with Crippen LogP contribution in [0.4, 0.5) is 5.69 Å². The summed E-state index contributed by atoms with van der Waals surface area (Å²) in [4.78, 5) is 12.0. The van der Waals surface area contributed by atoms with Crippen molar-refractivity contribution in [2.45, 2.75) is 50.2 Å². The summed E-state index contributed by atoms with van der Waals surface area (Å²) in [6, 6.07) is 7.42. The van der Waals surface area contributed by atoms with Crippen LogP contribution >= 0.6 is 0 Å². The molecule has 0 amide bonds. The van der Waals surface area contributed by atoms with E-state index >= 15 is 0 Å². The molecule has 20 heavy (non-hydrogen) atoms. The maximum Gasteiger partial charge on any atom is 0.310 e. The number of anilines is 1. The van der Waals surface area contributed by atoms with Crippen LogP contribution in [0, 0.1) is 0 Å². The number of carbonyl (C=O) groups is 1. The van der Waals surface area contributed by atoms with Crippen molar-refractivity contribution in [1.29, 1.82) is 0 Å². The first-order valence-corrected chi connectivity index (χ1v) is 7.34. The molecule has 4 heteroatoms. The first-order valence-electron chi connectivity index (χ1n) is 7.34. The third-order valence-electron chi connectivity index (χ3n) is 4.40. The first kappa shape index (κ1) is 13.4. The Kier molecular flexibility index (Phi) is 3.66. The molecular formula is C16H21NO3. The zero-order valence-electron chi connectivity index (χ0n) is 11.6. The second-order valence-electron chi connectivity index (χ2n) is 5.87. The minimum atomic E-state index is -0.190. The number of hydrogen-bond donors (Lipinski definition) is 1. The van der Waals surface area contributed by atoms with Gasteiger partial charge in [0.25, 0.3) is 0 Å². The molecular weight excluding hydrogens is 254 g/mol. The van der Waals surface area contributed by atoms with Crippen LogP contribution in [-0.4, -0.2) is 24.3 Å². The van der Waals surface area contributed by atoms with E-state index in [2.05, 4.69) is 0 Å². The lowest BCUT2D eigenvalue weighted by atomic mass is 9.74. The van der Waals surface area contributed by atoms with Gasteiger partial charge < -0.3 is 15.2 Å². The first-order chi connectivity index (χ1) is 9.67. The number of esters is 1. The Morgan fingerprint density at radius 1 is 1.40 bits per heavy atom. The summed E-state index contributed by atoms with van der Waals surface area (Å²) in [5, 5.41) is 0. The highest BCUT2D eigenvalue weighted by Gasteiger charge is 2.43. The van der Waals surface area contributed by atoms with E-state index in [0.717, 1.165) is 31.2 Å². The van der Waals surface area contributed by atoms with Crippen LogP contribution in [0.3, 0.4) is 0 Å². The van der Waals surface area contributed by atoms with Gasteiger partial charge >= 0.3 is 5.97 Å². The molecule has 2 aliphatic rings. The van der Waals surface area contributed by atoms with Gasteiger partial charge in [-0.05, 0) is 30.9 Å². The molecule has 1 aromatic carbocycles. The molecule has 0 radical (unpaired) electrons. The highest BCUT2D eigenvalue weighted by molar-refractivity contribution is 5.75. The van der Waals surface area contributed by atoms with E-state index in [9.17, 15) is 4.79 Å². The van der Waals surface area contributed by atoms with E-state index < -0.39 is 0 Å². The Hall–Kier alpha value is -1.55. The molecule has 1 saturated carbocycles. The number of carbonyl (C=O) groups excluding carboxylic acids is 1. The molecule has 1 heterocycles. The normalized spacial score (nSPS) is 24.1. The van der Waals surface area contributed by atoms with Gasteiger partial charge in [0, 0.05) is 18.5 Å². The number of hydrogen-bond acceptors (Lipinski definition) is 4. The van der Waals surface area contributed by atoms with Crippen molar-refractivity contribution >= 4 is 11.7 Å². The maximum absolute atomic E-state index is 12.0. The van der Waals surface area contributed by atoms with Crippen molar-refractivity contribution < 1.29 is 14.3 Å². The van der Waals surface area contributed by atoms with Crippen LogP contribution in [0.2, 0.25) is 0 Å². The van der Waals surface area contributed by atoms with E-state index in [0.29, 0.717) is 12.3 Å². The van der Waals surface area contributed by atoms with Gasteiger partial charge in [-0.3, -0.25) is 4.79 Å². The van der Waals surface area contributed by atoms with Crippen molar-refractivity contribution in [3.8, 4) is 0 Å². The lowest BCUT2D eigenvalue weighted by Gasteiger charge is -2.46. The van der Waals surface area contributed by atoms with Gasteiger partial charge in [0.1, 0.15) is 6.10 Å². The second-order valence-corrected chi connectivity index (χ2v) is 5.87. The quantitative estimate of drug-likeness (QED) is 0.680. The summed E-state index contributed by atoms with van der Waals surface area (Å²) in [7, 11) is 0. The van der Waals surface area contributed by atoms with Crippen molar-refractivity contribution in [2.24, 2.45) is 0 Å². The van der Waals surface area contributed by atoms with Gasteiger partial charge in [-0.25, -0.2) is 0 Å². The average Bonchev–Trinajstić information content (AvgIpc) is 2.40. The number of ether oxygens (including phenoxy) is 2. The molecule has 1 unspecified atom stereocenters. The zero-order valence-corrected chi connectivity index (χ0v) is 11.6. The minimum absolute atomic E-state index is 0.00138. The SMILES string of the molecule is Nc1ccccc1CC(=O)OC1CCOC2(CCC2)C1. The Morgan fingerprint density at radius 3 is 2.90 bits per heavy atom. The van der Waals surface area contributed by atoms with E-state index in [1.165, 1.54) is 6.42 Å². The number of benzene rings is 1. The van der Waals surface area contributed by atoms with Gasteiger partial charge in [-0.1, -0.05) is 18.2 Å². The molecule has 1 aliphatic carbocycles. The smallest absolute Gasteiger partial charge is 0.310 e. The fourth-order valence-corrected chi connectivity index (χ4v) is 3.08. The van der Waals surface area contributed by atoms with E-state index in [-0.39, 0.29) is 24.1 Å². The molecule has 108 valence electrons. The molecule has 1 spiro atoms. The molecule has 4 nitrogen and oxygen atoms in total. The van der Waals surface area contributed by atoms with Crippen LogP contribution in [0.15, 0.2) is 24.3 Å². The molecule has 1 atom stereocenters. The molecule has 1 aliphatic heterocycles. The van der Waals surface area contributed by atoms with Crippen molar-refractivity contribution in [3.63, 3.8) is 0 Å². The Labute approximate surface area is 119 Å². The summed E-state index contributed by atoms with van der Waals surface area (Å²) in [6.45, 7) is 0.700. The highest BCUT2D eigenvalue weighted by Crippen LogP contribution is 2.43. The summed E-state index contributed by atoms with van der Waals surface area (Å²) in [5.74, 6) is -0.190. The number of rotatable bonds is 3. The lowest BCUT2D eigenvalue weighted by molar-refractivity contribution is -0.180. The Morgan fingerprint density at radius 2 is 2.20 bits per heavy atom. The standard InChI is InChI=1S/C16H21NO3/c17-14-5-2-1-4-12(14)10-15(18)20-13-6-9-19-16(11-13)7-3-8-16/h1-2,4-5,13H,3,6-11,17H2. The summed E-state index contributed by atoms with van der Waals surface area (Å²) in [5.41, 5.74) is 7.34. The van der Waals surface area contributed by atoms with Crippen molar-refractivity contribution in [1.82, 2.24) is 0 Å². The van der Waals surface area contributed by atoms with Gasteiger partial charge in [0.15, 0.2) is 0 Å². The third kappa shape index (κ3) is 2.80. The van der Waals surface area contributed by atoms with Crippen molar-refractivity contribution in [2.75, 3.05) is 12.3 Å². The molecule has 2 N–H and O–H groups in total. The summed E-state index contributed by atoms with van der Waals surface area (Å²) in [6.07, 6.45) is 5.33.